The number of hydrogen-bond acceptors (Lipinski definition) is 7. The average Bonchev–Trinajstić information content (AvgIpc) is 3.34. The number of anilines is 1. The molecule has 1 aliphatic rings. The first-order chi connectivity index (χ1) is 15.2. The first-order valence-electron chi connectivity index (χ1n) is 9.84. The number of aliphatic carboxylic acids is 1. The molecule has 3 aromatic rings. The highest BCUT2D eigenvalue weighted by molar-refractivity contribution is 5.73. The molecule has 0 spiro atoms. The summed E-state index contributed by atoms with van der Waals surface area (Å²) in [6, 6.07) is 7.88. The molecule has 0 saturated heterocycles. The Morgan fingerprint density at radius 1 is 1.22 bits per heavy atom. The van der Waals surface area contributed by atoms with Crippen molar-refractivity contribution in [2.45, 2.75) is 39.2 Å². The minimum Gasteiger partial charge on any atom is -0.475 e. The molecule has 0 aromatic carbocycles. The van der Waals surface area contributed by atoms with Crippen LogP contribution in [-0.2, 0) is 30.8 Å². The topological polar surface area (TPSA) is 109 Å². The third kappa shape index (κ3) is 6.54. The van der Waals surface area contributed by atoms with Crippen LogP contribution in [0.1, 0.15) is 23.0 Å². The Hall–Kier alpha value is -3.41. The molecule has 0 amide bonds. The maximum absolute atomic E-state index is 10.6. The molecule has 4 rings (SSSR count). The molecule has 0 atom stereocenters. The van der Waals surface area contributed by atoms with E-state index in [1.807, 2.05) is 37.4 Å². The Labute approximate surface area is 181 Å². The Morgan fingerprint density at radius 2 is 2.00 bits per heavy atom. The number of carbonyl (C=O) groups is 1. The van der Waals surface area contributed by atoms with Gasteiger partial charge in [0.2, 0.25) is 0 Å². The summed E-state index contributed by atoms with van der Waals surface area (Å²) in [4.78, 5) is 15.9. The van der Waals surface area contributed by atoms with Gasteiger partial charge in [0, 0.05) is 26.1 Å². The number of aromatic nitrogens is 4. The molecule has 2 N–H and O–H groups in total. The number of halogens is 3. The van der Waals surface area contributed by atoms with Gasteiger partial charge in [0.05, 0.1) is 36.9 Å². The summed E-state index contributed by atoms with van der Waals surface area (Å²) in [5.41, 5.74) is 2.10. The lowest BCUT2D eigenvalue weighted by Gasteiger charge is -2.18. The zero-order valence-corrected chi connectivity index (χ0v) is 17.3. The van der Waals surface area contributed by atoms with E-state index >= 15 is 0 Å². The SMILES string of the molecule is Cc1ccc(NCc2cnc3n2CCN(Cc2ccco2)CC3)nn1.O=C(O)C(F)(F)F. The van der Waals surface area contributed by atoms with Gasteiger partial charge < -0.3 is 19.4 Å². The Bertz CT molecular complexity index is 1000. The summed E-state index contributed by atoms with van der Waals surface area (Å²) >= 11 is 0. The van der Waals surface area contributed by atoms with Crippen LogP contribution in [0.25, 0.3) is 0 Å². The Kier molecular flexibility index (Phi) is 7.46. The van der Waals surface area contributed by atoms with Crippen LogP contribution in [0.3, 0.4) is 0 Å². The lowest BCUT2D eigenvalue weighted by Crippen LogP contribution is -2.26. The third-order valence-corrected chi connectivity index (χ3v) is 4.76. The number of furan rings is 1. The third-order valence-electron chi connectivity index (χ3n) is 4.76. The fourth-order valence-electron chi connectivity index (χ4n) is 3.13. The van der Waals surface area contributed by atoms with Crippen LogP contribution in [0, 0.1) is 6.92 Å². The number of fused-ring (bicyclic) bond motifs is 1. The van der Waals surface area contributed by atoms with Crippen molar-refractivity contribution in [1.29, 1.82) is 0 Å². The highest BCUT2D eigenvalue weighted by Crippen LogP contribution is 2.15. The number of alkyl halides is 3. The van der Waals surface area contributed by atoms with Crippen molar-refractivity contribution in [3.05, 3.63) is 59.7 Å². The fraction of sp³-hybridized carbons (Fsp3) is 0.400. The molecular formula is C20H23F3N6O3. The first-order valence-corrected chi connectivity index (χ1v) is 9.84. The van der Waals surface area contributed by atoms with E-state index in [2.05, 4.69) is 30.0 Å². The van der Waals surface area contributed by atoms with Gasteiger partial charge in [0.25, 0.3) is 0 Å². The van der Waals surface area contributed by atoms with Crippen LogP contribution >= 0.6 is 0 Å². The average molecular weight is 452 g/mol. The number of nitrogens with one attached hydrogen (secondary N) is 1. The minimum absolute atomic E-state index is 0.697. The number of carboxylic acids is 1. The highest BCUT2D eigenvalue weighted by Gasteiger charge is 2.38. The van der Waals surface area contributed by atoms with E-state index in [1.54, 1.807) is 6.26 Å². The molecule has 32 heavy (non-hydrogen) atoms. The van der Waals surface area contributed by atoms with Crippen molar-refractivity contribution < 1.29 is 27.5 Å². The molecule has 0 fully saturated rings. The molecule has 4 heterocycles. The summed E-state index contributed by atoms with van der Waals surface area (Å²) in [6.45, 7) is 6.40. The number of hydrogen-bond donors (Lipinski definition) is 2. The second-order valence-corrected chi connectivity index (χ2v) is 7.14. The maximum Gasteiger partial charge on any atom is 0.490 e. The van der Waals surface area contributed by atoms with Crippen molar-refractivity contribution >= 4 is 11.8 Å². The van der Waals surface area contributed by atoms with E-state index in [0.717, 1.165) is 55.7 Å². The van der Waals surface area contributed by atoms with Gasteiger partial charge in [-0.1, -0.05) is 0 Å². The summed E-state index contributed by atoms with van der Waals surface area (Å²) in [5, 5.41) is 18.7. The van der Waals surface area contributed by atoms with Gasteiger partial charge in [-0.05, 0) is 31.2 Å². The van der Waals surface area contributed by atoms with Gasteiger partial charge in [0.1, 0.15) is 17.4 Å². The second kappa shape index (κ2) is 10.3. The zero-order valence-electron chi connectivity index (χ0n) is 17.3. The van der Waals surface area contributed by atoms with Gasteiger partial charge in [0.15, 0.2) is 0 Å². The van der Waals surface area contributed by atoms with Crippen molar-refractivity contribution in [3.63, 3.8) is 0 Å². The van der Waals surface area contributed by atoms with Crippen molar-refractivity contribution in [2.24, 2.45) is 0 Å². The number of nitrogens with zero attached hydrogens (tertiary/aromatic N) is 5. The van der Waals surface area contributed by atoms with Gasteiger partial charge in [-0.25, -0.2) is 9.78 Å². The predicted molar refractivity (Wildman–Crippen MR) is 108 cm³/mol. The molecule has 0 bridgehead atoms. The van der Waals surface area contributed by atoms with E-state index < -0.39 is 12.1 Å². The fourth-order valence-corrected chi connectivity index (χ4v) is 3.13. The lowest BCUT2D eigenvalue weighted by molar-refractivity contribution is -0.192. The first kappa shape index (κ1) is 23.3. The van der Waals surface area contributed by atoms with E-state index in [-0.39, 0.29) is 0 Å². The van der Waals surface area contributed by atoms with Gasteiger partial charge in [-0.3, -0.25) is 4.90 Å². The van der Waals surface area contributed by atoms with Crippen LogP contribution < -0.4 is 5.32 Å². The molecule has 12 heteroatoms. The zero-order chi connectivity index (χ0) is 23.1. The minimum atomic E-state index is -5.08. The molecule has 172 valence electrons. The van der Waals surface area contributed by atoms with Gasteiger partial charge in [-0.2, -0.15) is 18.3 Å². The largest absolute Gasteiger partial charge is 0.490 e. The maximum atomic E-state index is 10.6. The van der Waals surface area contributed by atoms with Crippen LogP contribution in [-0.4, -0.2) is 55.0 Å². The van der Waals surface area contributed by atoms with E-state index in [4.69, 9.17) is 14.3 Å². The normalized spacial score (nSPS) is 14.1. The number of imidazole rings is 1. The second-order valence-electron chi connectivity index (χ2n) is 7.14. The molecule has 1 aliphatic heterocycles. The standard InChI is InChI=1S/C18H22N6O.C2HF3O2/c1-14-4-5-17(22-21-14)19-11-15-12-20-18-6-7-23(8-9-24(15)18)13-16-3-2-10-25-16;3-2(4,5)1(6)7/h2-5,10,12H,6-9,11,13H2,1H3,(H,19,22);(H,6,7). The molecule has 0 saturated carbocycles. The van der Waals surface area contributed by atoms with Gasteiger partial charge >= 0.3 is 12.1 Å². The molecule has 9 nitrogen and oxygen atoms in total. The number of carboxylic acid groups (broad SMARTS) is 1. The number of aryl methyl sites for hydroxylation is 1. The number of rotatable bonds is 5. The highest BCUT2D eigenvalue weighted by atomic mass is 19.4. The summed E-state index contributed by atoms with van der Waals surface area (Å²) < 4.78 is 39.5. The van der Waals surface area contributed by atoms with Crippen LogP contribution in [0.2, 0.25) is 0 Å². The Morgan fingerprint density at radius 3 is 2.62 bits per heavy atom. The van der Waals surface area contributed by atoms with Crippen molar-refractivity contribution in [1.82, 2.24) is 24.6 Å². The molecule has 0 unspecified atom stereocenters. The lowest BCUT2D eigenvalue weighted by atomic mass is 10.3. The van der Waals surface area contributed by atoms with E-state index in [0.29, 0.717) is 6.54 Å². The summed E-state index contributed by atoms with van der Waals surface area (Å²) in [6.07, 6.45) is -0.437. The predicted octanol–water partition coefficient (Wildman–Crippen LogP) is 2.88. The van der Waals surface area contributed by atoms with E-state index in [9.17, 15) is 13.2 Å². The molecular weight excluding hydrogens is 429 g/mol. The van der Waals surface area contributed by atoms with Crippen molar-refractivity contribution in [3.8, 4) is 0 Å². The summed E-state index contributed by atoms with van der Waals surface area (Å²) in [5.74, 6) is 0.190. The molecule has 0 aliphatic carbocycles. The smallest absolute Gasteiger partial charge is 0.475 e. The van der Waals surface area contributed by atoms with Crippen LogP contribution in [0.5, 0.6) is 0 Å². The quantitative estimate of drug-likeness (QED) is 0.608. The van der Waals surface area contributed by atoms with Crippen LogP contribution in [0.15, 0.2) is 41.1 Å². The molecule has 3 aromatic heterocycles. The van der Waals surface area contributed by atoms with Crippen LogP contribution in [0.4, 0.5) is 19.0 Å². The Balaban J connectivity index is 0.000000360. The van der Waals surface area contributed by atoms with E-state index in [1.165, 1.54) is 5.69 Å². The monoisotopic (exact) mass is 452 g/mol. The summed E-state index contributed by atoms with van der Waals surface area (Å²) in [7, 11) is 0. The van der Waals surface area contributed by atoms with Gasteiger partial charge in [-0.15, -0.1) is 5.10 Å². The molecule has 0 radical (unpaired) electrons. The van der Waals surface area contributed by atoms with Crippen molar-refractivity contribution in [2.75, 3.05) is 18.4 Å².